The number of methoxy groups -OCH3 is 3. The smallest absolute Gasteiger partial charge is 0.338 e. The first kappa shape index (κ1) is 64.1. The summed E-state index contributed by atoms with van der Waals surface area (Å²) >= 11 is 0. The van der Waals surface area contributed by atoms with Gasteiger partial charge in [-0.3, -0.25) is 4.79 Å². The summed E-state index contributed by atoms with van der Waals surface area (Å²) in [6, 6.07) is 8.37. The minimum absolute atomic E-state index is 0.0286. The first-order valence-corrected chi connectivity index (χ1v) is 29.2. The molecule has 0 amide bonds. The molecule has 8 aliphatic rings. The van der Waals surface area contributed by atoms with Crippen LogP contribution >= 0.6 is 0 Å². The molecule has 4 aliphatic heterocycles. The van der Waals surface area contributed by atoms with E-state index >= 15 is 0 Å². The summed E-state index contributed by atoms with van der Waals surface area (Å²) in [5.74, 6) is -3.46. The molecule has 1 aromatic rings. The number of carbonyl (C=O) groups excluding carboxylic acids is 3. The highest BCUT2D eigenvalue weighted by Crippen LogP contribution is 2.71. The maximum Gasteiger partial charge on any atom is 0.338 e. The van der Waals surface area contributed by atoms with E-state index in [0.717, 1.165) is 5.57 Å². The number of aliphatic hydroxyl groups is 7. The number of hydrogen-bond acceptors (Lipinski definition) is 23. The molecule has 83 heavy (non-hydrogen) atoms. The van der Waals surface area contributed by atoms with Crippen molar-refractivity contribution in [2.75, 3.05) is 27.9 Å². The summed E-state index contributed by atoms with van der Waals surface area (Å²) in [4.78, 5) is 41.8. The lowest BCUT2D eigenvalue weighted by molar-refractivity contribution is -0.373. The second-order valence-electron chi connectivity index (χ2n) is 24.6. The molecular formula is C60H88O23. The Labute approximate surface area is 484 Å². The fraction of sp³-hybridized carbons (Fsp3) is 0.783. The van der Waals surface area contributed by atoms with Crippen LogP contribution in [-0.4, -0.2) is 222 Å². The molecule has 3 saturated carbocycles. The maximum atomic E-state index is 14.2. The minimum atomic E-state index is -1.95. The fourth-order valence-electron chi connectivity index (χ4n) is 15.3. The molecule has 0 aromatic heterocycles. The largest absolute Gasteiger partial charge is 0.455 e. The number of carbonyl (C=O) groups is 3. The molecule has 4 heterocycles. The normalized spacial score (nSPS) is 47.3. The van der Waals surface area contributed by atoms with Gasteiger partial charge < -0.3 is 97.3 Å². The van der Waals surface area contributed by atoms with Crippen LogP contribution in [0.15, 0.2) is 53.6 Å². The van der Waals surface area contributed by atoms with Crippen LogP contribution in [0.25, 0.3) is 0 Å². The van der Waals surface area contributed by atoms with Gasteiger partial charge in [0.25, 0.3) is 0 Å². The van der Waals surface area contributed by atoms with Crippen molar-refractivity contribution < 1.29 is 112 Å². The predicted octanol–water partition coefficient (Wildman–Crippen LogP) is 2.47. The molecule has 23 nitrogen and oxygen atoms in total. The maximum absolute atomic E-state index is 14.2. The summed E-state index contributed by atoms with van der Waals surface area (Å²) < 4.78 is 81.1. The number of hydrogen-bond donors (Lipinski definition) is 7. The zero-order chi connectivity index (χ0) is 60.2. The summed E-state index contributed by atoms with van der Waals surface area (Å²) in [7, 11) is 4.47. The number of allylic oxidation sites excluding steroid dienone is 1. The van der Waals surface area contributed by atoms with Crippen LogP contribution in [0.3, 0.4) is 0 Å². The number of esters is 2. The van der Waals surface area contributed by atoms with E-state index in [0.29, 0.717) is 31.3 Å². The van der Waals surface area contributed by atoms with Crippen LogP contribution in [0.1, 0.15) is 117 Å². The monoisotopic (exact) mass is 1180 g/mol. The highest BCUT2D eigenvalue weighted by Gasteiger charge is 2.81. The van der Waals surface area contributed by atoms with Gasteiger partial charge in [0.1, 0.15) is 84.1 Å². The van der Waals surface area contributed by atoms with Gasteiger partial charge in [-0.1, -0.05) is 49.8 Å². The Morgan fingerprint density at radius 1 is 0.687 bits per heavy atom. The number of aliphatic hydroxyl groups excluding tert-OH is 5. The fourth-order valence-corrected chi connectivity index (χ4v) is 15.3. The summed E-state index contributed by atoms with van der Waals surface area (Å²) in [6.07, 6.45) is -16.1. The zero-order valence-electron chi connectivity index (χ0n) is 49.3. The average Bonchev–Trinajstić information content (AvgIpc) is 1.99. The molecule has 0 unspecified atom stereocenters. The molecule has 7 N–H and O–H groups in total. The van der Waals surface area contributed by atoms with Gasteiger partial charge in [0.2, 0.25) is 0 Å². The molecule has 0 spiro atoms. The number of ether oxygens (including phenoxy) is 13. The lowest BCUT2D eigenvalue weighted by Crippen LogP contribution is -2.80. The molecular weight excluding hydrogens is 1090 g/mol. The third-order valence-electron chi connectivity index (χ3n) is 20.1. The van der Waals surface area contributed by atoms with Crippen LogP contribution in [0.2, 0.25) is 0 Å². The number of rotatable bonds is 17. The third-order valence-corrected chi connectivity index (χ3v) is 20.1. The van der Waals surface area contributed by atoms with Gasteiger partial charge >= 0.3 is 11.9 Å². The third kappa shape index (κ3) is 11.5. The highest BCUT2D eigenvalue weighted by molar-refractivity contribution is 5.90. The van der Waals surface area contributed by atoms with E-state index in [4.69, 9.17) is 61.6 Å². The van der Waals surface area contributed by atoms with Crippen molar-refractivity contribution in [2.45, 2.75) is 247 Å². The Bertz CT molecular complexity index is 2500. The highest BCUT2D eigenvalue weighted by atomic mass is 16.8. The van der Waals surface area contributed by atoms with E-state index in [2.05, 4.69) is 0 Å². The van der Waals surface area contributed by atoms with E-state index in [9.17, 15) is 50.1 Å². The molecule has 23 heteroatoms. The molecule has 4 aliphatic carbocycles. The second-order valence-corrected chi connectivity index (χ2v) is 24.6. The number of ketones is 1. The zero-order valence-corrected chi connectivity index (χ0v) is 49.3. The second kappa shape index (κ2) is 25.4. The Hall–Kier alpha value is -3.41. The topological polar surface area (TPSA) is 313 Å². The van der Waals surface area contributed by atoms with Crippen molar-refractivity contribution in [1.29, 1.82) is 0 Å². The van der Waals surface area contributed by atoms with Crippen molar-refractivity contribution >= 4 is 17.7 Å². The van der Waals surface area contributed by atoms with Crippen molar-refractivity contribution in [3.63, 3.8) is 0 Å². The Kier molecular flexibility index (Phi) is 19.6. The summed E-state index contributed by atoms with van der Waals surface area (Å²) in [5.41, 5.74) is -4.91. The standard InChI is InChI=1S/C60H88O23/c1-12-28(2)53(67)80-50-51-57(7)21-19-35(24-34(57)18-22-59(51,69)60(70)23-20-36(29(3)62)58(60,8)52(50)83-54(68)33-16-14-13-15-17-33)77-40-25-37(71-9)46(30(4)74-40)79-41-26-38(72-10)47(31(5)75-41)81-56-45(66)49(73-11)48(32(6)76-56)82-55-44(65)43(64)42(63)39(27-61)78-55/h12-18,30-32,35-52,55-56,61,63-66,69-70H,19-27H2,1-11H3/t30-,31-,32-,35+,36+,37+,38+,39-,40+,41+,42-,43+,44-,45-,46-,47-,48-,49+,50+,51-,52-,55+,56+,57+,58+,59+,60-/m1/s1. The van der Waals surface area contributed by atoms with E-state index in [1.165, 1.54) is 21.1 Å². The Morgan fingerprint density at radius 2 is 1.29 bits per heavy atom. The van der Waals surface area contributed by atoms with Gasteiger partial charge in [0.05, 0.1) is 48.8 Å². The first-order chi connectivity index (χ1) is 39.3. The van der Waals surface area contributed by atoms with Crippen LogP contribution in [-0.2, 0) is 71.2 Å². The SMILES string of the molecule is CC=C(C)C(=O)O[C@@H]1[C@@H](OC(=O)c2ccccc2)[C@]2(C)[C@H](C(C)=O)CC[C@]2(O)[C@]2(O)CC=C3C[C@@H](O[C@H]4C[C@H](OC)[C@H](O[C@H]5C[C@H](OC)[C@H](O[C@@H]6O[C@H](C)[C@@H](O[C@@H]7O[C@H](CO)[C@@H](O)[C@H](O)[C@H]7O)[C@@H](OC)[C@H]6O)[C@@H](C)O5)[C@@H](C)O4)CC[C@]3(C)[C@@H]12. The van der Waals surface area contributed by atoms with Gasteiger partial charge in [0.15, 0.2) is 25.2 Å². The van der Waals surface area contributed by atoms with Gasteiger partial charge in [-0.15, -0.1) is 0 Å². The quantitative estimate of drug-likeness (QED) is 0.0669. The van der Waals surface area contributed by atoms with E-state index in [-0.39, 0.29) is 43.1 Å². The van der Waals surface area contributed by atoms with Crippen LogP contribution in [0.5, 0.6) is 0 Å². The van der Waals surface area contributed by atoms with E-state index < -0.39 is 175 Å². The van der Waals surface area contributed by atoms with Gasteiger partial charge in [-0.05, 0) is 97.6 Å². The number of Topliss-reactive ketones (excluding diaryl/α,β-unsaturated/α-hetero) is 1. The molecule has 9 rings (SSSR count). The van der Waals surface area contributed by atoms with Crippen molar-refractivity contribution in [1.82, 2.24) is 0 Å². The van der Waals surface area contributed by atoms with Crippen LogP contribution in [0, 0.1) is 22.7 Å². The first-order valence-electron chi connectivity index (χ1n) is 29.2. The molecule has 4 saturated heterocycles. The summed E-state index contributed by atoms with van der Waals surface area (Å²) in [5, 5.41) is 79.2. The van der Waals surface area contributed by atoms with Crippen LogP contribution < -0.4 is 0 Å². The molecule has 1 aromatic carbocycles. The predicted molar refractivity (Wildman–Crippen MR) is 288 cm³/mol. The molecule has 0 bridgehead atoms. The lowest BCUT2D eigenvalue weighted by atomic mass is 9.42. The lowest BCUT2D eigenvalue weighted by Gasteiger charge is -2.68. The van der Waals surface area contributed by atoms with Crippen molar-refractivity contribution in [3.8, 4) is 0 Å². The number of fused-ring (bicyclic) bond motifs is 5. The average molecular weight is 1180 g/mol. The molecule has 27 atom stereocenters. The molecule has 7 fully saturated rings. The summed E-state index contributed by atoms with van der Waals surface area (Å²) in [6.45, 7) is 13.1. The van der Waals surface area contributed by atoms with Crippen molar-refractivity contribution in [3.05, 3.63) is 59.2 Å². The van der Waals surface area contributed by atoms with Gasteiger partial charge in [-0.25, -0.2) is 9.59 Å². The van der Waals surface area contributed by atoms with Gasteiger partial charge in [-0.2, -0.15) is 0 Å². The Morgan fingerprint density at radius 3 is 1.89 bits per heavy atom. The minimum Gasteiger partial charge on any atom is -0.455 e. The van der Waals surface area contributed by atoms with Gasteiger partial charge in [0, 0.05) is 57.0 Å². The molecule has 0 radical (unpaired) electrons. The van der Waals surface area contributed by atoms with E-state index in [1.54, 1.807) is 78.1 Å². The van der Waals surface area contributed by atoms with Crippen molar-refractivity contribution in [2.24, 2.45) is 22.7 Å². The number of benzene rings is 1. The Balaban J connectivity index is 0.860. The van der Waals surface area contributed by atoms with E-state index in [1.807, 2.05) is 19.9 Å². The van der Waals surface area contributed by atoms with Crippen LogP contribution in [0.4, 0.5) is 0 Å². The molecule has 466 valence electrons.